The molecule has 0 aliphatic carbocycles. The highest BCUT2D eigenvalue weighted by molar-refractivity contribution is 5.94. The van der Waals surface area contributed by atoms with Crippen molar-refractivity contribution in [2.45, 2.75) is 26.3 Å². The van der Waals surface area contributed by atoms with Gasteiger partial charge in [-0.25, -0.2) is 4.39 Å². The van der Waals surface area contributed by atoms with E-state index in [0.717, 1.165) is 0 Å². The molecule has 5 nitrogen and oxygen atoms in total. The number of nitrogens with one attached hydrogen (secondary N) is 2. The van der Waals surface area contributed by atoms with E-state index in [-0.39, 0.29) is 36.0 Å². The van der Waals surface area contributed by atoms with Crippen LogP contribution in [0.5, 0.6) is 0 Å². The molecule has 0 aromatic heterocycles. The second-order valence-electron chi connectivity index (χ2n) is 5.18. The van der Waals surface area contributed by atoms with Crippen LogP contribution in [0.4, 0.5) is 4.39 Å². The molecule has 0 spiro atoms. The summed E-state index contributed by atoms with van der Waals surface area (Å²) in [6.07, 6.45) is 0.601. The third-order valence-electron chi connectivity index (χ3n) is 3.07. The molecule has 124 valence electrons. The maximum Gasteiger partial charge on any atom is 0.251 e. The fourth-order valence-corrected chi connectivity index (χ4v) is 1.63. The van der Waals surface area contributed by atoms with Gasteiger partial charge in [-0.2, -0.15) is 0 Å². The monoisotopic (exact) mass is 331 g/mol. The molecule has 0 saturated carbocycles. The van der Waals surface area contributed by atoms with Crippen molar-refractivity contribution in [2.75, 3.05) is 13.1 Å². The Labute approximate surface area is 136 Å². The van der Waals surface area contributed by atoms with E-state index < -0.39 is 6.04 Å². The van der Waals surface area contributed by atoms with Crippen LogP contribution >= 0.6 is 12.4 Å². The SMILES string of the molecule is CC(C)[C@H](N)C(=O)NCCCNC(=O)c1ccc(F)cc1.Cl. The Morgan fingerprint density at radius 3 is 2.23 bits per heavy atom. The van der Waals surface area contributed by atoms with Crippen LogP contribution in [0.2, 0.25) is 0 Å². The number of benzene rings is 1. The van der Waals surface area contributed by atoms with Gasteiger partial charge in [0.05, 0.1) is 6.04 Å². The topological polar surface area (TPSA) is 84.2 Å². The summed E-state index contributed by atoms with van der Waals surface area (Å²) < 4.78 is 12.7. The van der Waals surface area contributed by atoms with Crippen LogP contribution in [0.3, 0.4) is 0 Å². The van der Waals surface area contributed by atoms with Gasteiger partial charge in [0.15, 0.2) is 0 Å². The second-order valence-corrected chi connectivity index (χ2v) is 5.18. The zero-order valence-corrected chi connectivity index (χ0v) is 13.6. The molecular formula is C15H23ClFN3O2. The number of rotatable bonds is 7. The zero-order valence-electron chi connectivity index (χ0n) is 12.8. The van der Waals surface area contributed by atoms with E-state index in [1.165, 1.54) is 24.3 Å². The molecular weight excluding hydrogens is 309 g/mol. The molecule has 0 radical (unpaired) electrons. The minimum Gasteiger partial charge on any atom is -0.355 e. The van der Waals surface area contributed by atoms with E-state index in [1.54, 1.807) is 0 Å². The molecule has 0 aliphatic heterocycles. The van der Waals surface area contributed by atoms with Gasteiger partial charge in [0.2, 0.25) is 5.91 Å². The lowest BCUT2D eigenvalue weighted by Crippen LogP contribution is -2.44. The average molecular weight is 332 g/mol. The van der Waals surface area contributed by atoms with Crippen molar-refractivity contribution in [1.82, 2.24) is 10.6 Å². The molecule has 7 heteroatoms. The van der Waals surface area contributed by atoms with Gasteiger partial charge in [0.1, 0.15) is 5.82 Å². The van der Waals surface area contributed by atoms with Crippen LogP contribution in [0, 0.1) is 11.7 Å². The van der Waals surface area contributed by atoms with E-state index in [9.17, 15) is 14.0 Å². The van der Waals surface area contributed by atoms with Crippen LogP contribution in [0.1, 0.15) is 30.6 Å². The molecule has 1 atom stereocenters. The first kappa shape index (κ1) is 20.3. The van der Waals surface area contributed by atoms with Crippen molar-refractivity contribution in [3.8, 4) is 0 Å². The summed E-state index contributed by atoms with van der Waals surface area (Å²) in [5.41, 5.74) is 6.10. The summed E-state index contributed by atoms with van der Waals surface area (Å²) in [6, 6.07) is 4.81. The average Bonchev–Trinajstić information content (AvgIpc) is 2.46. The Balaban J connectivity index is 0.00000441. The number of hydrogen-bond acceptors (Lipinski definition) is 3. The number of carbonyl (C=O) groups excluding carboxylic acids is 2. The van der Waals surface area contributed by atoms with Gasteiger partial charge in [0, 0.05) is 18.7 Å². The molecule has 1 aromatic rings. The quantitative estimate of drug-likeness (QED) is 0.661. The fraction of sp³-hybridized carbons (Fsp3) is 0.467. The lowest BCUT2D eigenvalue weighted by Gasteiger charge is -2.15. The Morgan fingerprint density at radius 2 is 1.68 bits per heavy atom. The van der Waals surface area contributed by atoms with Gasteiger partial charge in [-0.05, 0) is 36.6 Å². The number of nitrogens with two attached hydrogens (primary N) is 1. The van der Waals surface area contributed by atoms with Crippen molar-refractivity contribution in [3.63, 3.8) is 0 Å². The van der Waals surface area contributed by atoms with E-state index in [4.69, 9.17) is 5.73 Å². The van der Waals surface area contributed by atoms with Gasteiger partial charge >= 0.3 is 0 Å². The van der Waals surface area contributed by atoms with Gasteiger partial charge in [-0.3, -0.25) is 9.59 Å². The maximum absolute atomic E-state index is 12.7. The van der Waals surface area contributed by atoms with Gasteiger partial charge < -0.3 is 16.4 Å². The summed E-state index contributed by atoms with van der Waals surface area (Å²) in [5, 5.41) is 5.42. The summed E-state index contributed by atoms with van der Waals surface area (Å²) in [5.74, 6) is -0.742. The molecule has 0 unspecified atom stereocenters. The summed E-state index contributed by atoms with van der Waals surface area (Å²) in [6.45, 7) is 4.64. The highest BCUT2D eigenvalue weighted by Crippen LogP contribution is 2.02. The second kappa shape index (κ2) is 10.1. The van der Waals surface area contributed by atoms with Crippen LogP contribution in [0.15, 0.2) is 24.3 Å². The lowest BCUT2D eigenvalue weighted by molar-refractivity contribution is -0.123. The van der Waals surface area contributed by atoms with E-state index in [0.29, 0.717) is 25.1 Å². The van der Waals surface area contributed by atoms with E-state index in [1.807, 2.05) is 13.8 Å². The Morgan fingerprint density at radius 1 is 1.14 bits per heavy atom. The zero-order chi connectivity index (χ0) is 15.8. The number of halogens is 2. The molecule has 0 heterocycles. The Hall–Kier alpha value is -1.66. The number of amides is 2. The third kappa shape index (κ3) is 6.87. The molecule has 22 heavy (non-hydrogen) atoms. The normalized spacial score (nSPS) is 11.5. The van der Waals surface area contributed by atoms with Crippen LogP contribution in [0.25, 0.3) is 0 Å². The highest BCUT2D eigenvalue weighted by atomic mass is 35.5. The number of carbonyl (C=O) groups is 2. The molecule has 0 fully saturated rings. The largest absolute Gasteiger partial charge is 0.355 e. The van der Waals surface area contributed by atoms with Crippen molar-refractivity contribution in [1.29, 1.82) is 0 Å². The molecule has 0 aliphatic rings. The minimum absolute atomic E-state index is 0. The van der Waals surface area contributed by atoms with E-state index >= 15 is 0 Å². The molecule has 1 aromatic carbocycles. The maximum atomic E-state index is 12.7. The van der Waals surface area contributed by atoms with Crippen molar-refractivity contribution in [2.24, 2.45) is 11.7 Å². The van der Waals surface area contributed by atoms with Crippen molar-refractivity contribution in [3.05, 3.63) is 35.6 Å². The van der Waals surface area contributed by atoms with Crippen LogP contribution < -0.4 is 16.4 Å². The summed E-state index contributed by atoms with van der Waals surface area (Å²) in [4.78, 5) is 23.3. The predicted octanol–water partition coefficient (Wildman–Crippen LogP) is 1.47. The molecule has 4 N–H and O–H groups in total. The number of hydrogen-bond donors (Lipinski definition) is 3. The molecule has 0 saturated heterocycles. The molecule has 1 rings (SSSR count). The summed E-state index contributed by atoms with van der Waals surface area (Å²) >= 11 is 0. The van der Waals surface area contributed by atoms with Gasteiger partial charge in [-0.15, -0.1) is 12.4 Å². The third-order valence-corrected chi connectivity index (χ3v) is 3.07. The molecule has 2 amide bonds. The smallest absolute Gasteiger partial charge is 0.251 e. The standard InChI is InChI=1S/C15H22FN3O2.ClH/c1-10(2)13(17)15(21)19-9-3-8-18-14(20)11-4-6-12(16)7-5-11;/h4-7,10,13H,3,8-9,17H2,1-2H3,(H,18,20)(H,19,21);1H/t13-;/m0./s1. The molecule has 0 bridgehead atoms. The summed E-state index contributed by atoms with van der Waals surface area (Å²) in [7, 11) is 0. The predicted molar refractivity (Wildman–Crippen MR) is 86.4 cm³/mol. The Kier molecular flexibility index (Phi) is 9.37. The van der Waals surface area contributed by atoms with Crippen molar-refractivity contribution < 1.29 is 14.0 Å². The van der Waals surface area contributed by atoms with Crippen molar-refractivity contribution >= 4 is 24.2 Å². The first-order chi connectivity index (χ1) is 9.91. The van der Waals surface area contributed by atoms with Crippen LogP contribution in [-0.4, -0.2) is 30.9 Å². The van der Waals surface area contributed by atoms with Gasteiger partial charge in [-0.1, -0.05) is 13.8 Å². The van der Waals surface area contributed by atoms with Crippen LogP contribution in [-0.2, 0) is 4.79 Å². The lowest BCUT2D eigenvalue weighted by atomic mass is 10.1. The fourth-order valence-electron chi connectivity index (χ4n) is 1.63. The highest BCUT2D eigenvalue weighted by Gasteiger charge is 2.16. The first-order valence-corrected chi connectivity index (χ1v) is 6.99. The van der Waals surface area contributed by atoms with E-state index in [2.05, 4.69) is 10.6 Å². The minimum atomic E-state index is -0.515. The van der Waals surface area contributed by atoms with Gasteiger partial charge in [0.25, 0.3) is 5.91 Å². The first-order valence-electron chi connectivity index (χ1n) is 6.99. The Bertz CT molecular complexity index is 480.